The van der Waals surface area contributed by atoms with Crippen LogP contribution >= 0.6 is 0 Å². The Kier molecular flexibility index (Phi) is 11.4. The zero-order valence-electron chi connectivity index (χ0n) is 27.0. The Balaban J connectivity index is 2.10. The van der Waals surface area contributed by atoms with Crippen LogP contribution < -0.4 is 19.1 Å². The number of hydrogen-bond acceptors (Lipinski definition) is 6. The Morgan fingerprint density at radius 3 is 2.05 bits per heavy atom. The Morgan fingerprint density at radius 1 is 0.886 bits per heavy atom. The lowest BCUT2D eigenvalue weighted by molar-refractivity contribution is -0.140. The summed E-state index contributed by atoms with van der Waals surface area (Å²) in [5.74, 6) is -0.153. The summed E-state index contributed by atoms with van der Waals surface area (Å²) in [6.45, 7) is 11.0. The van der Waals surface area contributed by atoms with E-state index in [0.717, 1.165) is 21.0 Å². The summed E-state index contributed by atoms with van der Waals surface area (Å²) >= 11 is 0. The van der Waals surface area contributed by atoms with Gasteiger partial charge in [-0.2, -0.15) is 0 Å². The Hall–Kier alpha value is -4.05. The van der Waals surface area contributed by atoms with Crippen LogP contribution in [0.2, 0.25) is 0 Å². The molecule has 1 atom stereocenters. The summed E-state index contributed by atoms with van der Waals surface area (Å²) in [7, 11) is -1.38. The fraction of sp³-hybridized carbons (Fsp3) is 0.412. The predicted molar refractivity (Wildman–Crippen MR) is 174 cm³/mol. The second-order valence-electron chi connectivity index (χ2n) is 11.9. The molecular formula is C34H45N3O6S. The van der Waals surface area contributed by atoms with Crippen molar-refractivity contribution in [2.75, 3.05) is 31.6 Å². The third-order valence-corrected chi connectivity index (χ3v) is 8.85. The van der Waals surface area contributed by atoms with Crippen molar-refractivity contribution in [2.24, 2.45) is 0 Å². The topological polar surface area (TPSA) is 105 Å². The number of carbonyl (C=O) groups is 2. The molecule has 3 aromatic rings. The van der Waals surface area contributed by atoms with Gasteiger partial charge < -0.3 is 19.7 Å². The van der Waals surface area contributed by atoms with Crippen LogP contribution in [0.4, 0.5) is 5.69 Å². The molecule has 0 aromatic heterocycles. The molecule has 0 fully saturated rings. The molecule has 1 unspecified atom stereocenters. The molecular weight excluding hydrogens is 578 g/mol. The minimum absolute atomic E-state index is 0.0598. The van der Waals surface area contributed by atoms with Gasteiger partial charge in [0.2, 0.25) is 11.8 Å². The maximum absolute atomic E-state index is 14.3. The molecule has 44 heavy (non-hydrogen) atoms. The largest absolute Gasteiger partial charge is 0.493 e. The van der Waals surface area contributed by atoms with Gasteiger partial charge in [-0.05, 0) is 88.4 Å². The highest BCUT2D eigenvalue weighted by atomic mass is 32.2. The van der Waals surface area contributed by atoms with Crippen molar-refractivity contribution in [3.8, 4) is 11.5 Å². The van der Waals surface area contributed by atoms with Gasteiger partial charge in [0.1, 0.15) is 12.6 Å². The van der Waals surface area contributed by atoms with Gasteiger partial charge in [0.05, 0.1) is 24.8 Å². The van der Waals surface area contributed by atoms with Crippen molar-refractivity contribution in [1.29, 1.82) is 0 Å². The molecule has 0 bridgehead atoms. The quantitative estimate of drug-likeness (QED) is 0.278. The van der Waals surface area contributed by atoms with Crippen LogP contribution in [0.3, 0.4) is 0 Å². The van der Waals surface area contributed by atoms with Gasteiger partial charge in [0, 0.05) is 18.2 Å². The average Bonchev–Trinajstić information content (AvgIpc) is 2.96. The van der Waals surface area contributed by atoms with Crippen LogP contribution in [0, 0.1) is 13.8 Å². The first kappa shape index (κ1) is 34.4. The minimum atomic E-state index is -4.27. The number of anilines is 1. The van der Waals surface area contributed by atoms with Gasteiger partial charge in [0.25, 0.3) is 10.0 Å². The van der Waals surface area contributed by atoms with E-state index < -0.39 is 34.1 Å². The number of amides is 2. The van der Waals surface area contributed by atoms with Crippen molar-refractivity contribution in [3.63, 3.8) is 0 Å². The van der Waals surface area contributed by atoms with Gasteiger partial charge in [-0.3, -0.25) is 13.9 Å². The monoisotopic (exact) mass is 623 g/mol. The SMILES string of the molecule is CCC(C(=O)NC(C)(C)C)N(CCc1ccccc1)C(=O)CN(c1cc(C)cc(C)c1)S(=O)(=O)c1ccc(OC)c(OC)c1. The zero-order chi connectivity index (χ0) is 32.7. The van der Waals surface area contributed by atoms with Crippen LogP contribution in [-0.2, 0) is 26.0 Å². The summed E-state index contributed by atoms with van der Waals surface area (Å²) in [6, 6.07) is 18.6. The maximum Gasteiger partial charge on any atom is 0.264 e. The van der Waals surface area contributed by atoms with Crippen LogP contribution in [-0.4, -0.2) is 64.0 Å². The Bertz CT molecular complexity index is 1530. The number of methoxy groups -OCH3 is 2. The Morgan fingerprint density at radius 2 is 1.50 bits per heavy atom. The summed E-state index contributed by atoms with van der Waals surface area (Å²) in [6.07, 6.45) is 0.853. The fourth-order valence-electron chi connectivity index (χ4n) is 5.08. The molecule has 0 spiro atoms. The summed E-state index contributed by atoms with van der Waals surface area (Å²) in [4.78, 5) is 29.2. The van der Waals surface area contributed by atoms with Crippen LogP contribution in [0.15, 0.2) is 71.6 Å². The number of ether oxygens (including phenoxy) is 2. The minimum Gasteiger partial charge on any atom is -0.493 e. The number of nitrogens with zero attached hydrogens (tertiary/aromatic N) is 2. The van der Waals surface area contributed by atoms with Crippen molar-refractivity contribution >= 4 is 27.5 Å². The highest BCUT2D eigenvalue weighted by Gasteiger charge is 2.35. The predicted octanol–water partition coefficient (Wildman–Crippen LogP) is 5.28. The standard InChI is InChI=1S/C34H45N3O6S/c1-9-29(33(39)35-34(4,5)6)36(18-17-26-13-11-10-12-14-26)32(38)23-37(27-20-24(2)19-25(3)21-27)44(40,41)28-15-16-30(42-7)31(22-28)43-8/h10-16,19-22,29H,9,17-18,23H2,1-8H3,(H,35,39). The number of aryl methyl sites for hydroxylation is 2. The van der Waals surface area contributed by atoms with E-state index in [1.807, 2.05) is 77.9 Å². The van der Waals surface area contributed by atoms with Crippen LogP contribution in [0.1, 0.15) is 50.8 Å². The molecule has 9 nitrogen and oxygen atoms in total. The molecule has 1 N–H and O–H groups in total. The molecule has 3 aromatic carbocycles. The second kappa shape index (κ2) is 14.6. The molecule has 0 aliphatic carbocycles. The maximum atomic E-state index is 14.3. The zero-order valence-corrected chi connectivity index (χ0v) is 27.8. The first-order valence-corrected chi connectivity index (χ1v) is 16.1. The third-order valence-electron chi connectivity index (χ3n) is 7.08. The normalized spacial score (nSPS) is 12.3. The number of carbonyl (C=O) groups excluding carboxylic acids is 2. The lowest BCUT2D eigenvalue weighted by Gasteiger charge is -2.35. The van der Waals surface area contributed by atoms with Gasteiger partial charge in [-0.1, -0.05) is 43.3 Å². The summed E-state index contributed by atoms with van der Waals surface area (Å²) < 4.78 is 40.4. The first-order valence-electron chi connectivity index (χ1n) is 14.7. The summed E-state index contributed by atoms with van der Waals surface area (Å²) in [5.41, 5.74) is 2.52. The average molecular weight is 624 g/mol. The lowest BCUT2D eigenvalue weighted by atomic mass is 10.1. The van der Waals surface area contributed by atoms with Gasteiger partial charge in [-0.25, -0.2) is 8.42 Å². The van der Waals surface area contributed by atoms with E-state index in [1.165, 1.54) is 37.3 Å². The van der Waals surface area contributed by atoms with Gasteiger partial charge in [-0.15, -0.1) is 0 Å². The van der Waals surface area contributed by atoms with E-state index in [4.69, 9.17) is 9.47 Å². The number of nitrogens with one attached hydrogen (secondary N) is 1. The molecule has 0 radical (unpaired) electrons. The van der Waals surface area contributed by atoms with Crippen LogP contribution in [0.5, 0.6) is 11.5 Å². The first-order chi connectivity index (χ1) is 20.7. The van der Waals surface area contributed by atoms with E-state index in [-0.39, 0.29) is 23.1 Å². The molecule has 0 saturated heterocycles. The summed E-state index contributed by atoms with van der Waals surface area (Å²) in [5, 5.41) is 2.99. The molecule has 238 valence electrons. The van der Waals surface area contributed by atoms with Gasteiger partial charge in [0.15, 0.2) is 11.5 Å². The molecule has 0 saturated carbocycles. The van der Waals surface area contributed by atoms with Crippen molar-refractivity contribution < 1.29 is 27.5 Å². The van der Waals surface area contributed by atoms with Crippen LogP contribution in [0.25, 0.3) is 0 Å². The smallest absolute Gasteiger partial charge is 0.264 e. The molecule has 2 amide bonds. The molecule has 0 aliphatic heterocycles. The molecule has 10 heteroatoms. The number of rotatable bonds is 13. The number of sulfonamides is 1. The number of benzene rings is 3. The van der Waals surface area contributed by atoms with E-state index in [2.05, 4.69) is 5.32 Å². The van der Waals surface area contributed by atoms with Gasteiger partial charge >= 0.3 is 0 Å². The van der Waals surface area contributed by atoms with E-state index in [1.54, 1.807) is 12.1 Å². The molecule has 0 aliphatic rings. The molecule has 0 heterocycles. The van der Waals surface area contributed by atoms with E-state index in [9.17, 15) is 18.0 Å². The van der Waals surface area contributed by atoms with Crippen molar-refractivity contribution in [1.82, 2.24) is 10.2 Å². The highest BCUT2D eigenvalue weighted by molar-refractivity contribution is 7.92. The lowest BCUT2D eigenvalue weighted by Crippen LogP contribution is -2.56. The van der Waals surface area contributed by atoms with E-state index in [0.29, 0.717) is 24.3 Å². The highest BCUT2D eigenvalue weighted by Crippen LogP contribution is 2.33. The second-order valence-corrected chi connectivity index (χ2v) is 13.7. The van der Waals surface area contributed by atoms with E-state index >= 15 is 0 Å². The van der Waals surface area contributed by atoms with Crippen molar-refractivity contribution in [3.05, 3.63) is 83.4 Å². The third kappa shape index (κ3) is 8.75. The Labute approximate surface area is 262 Å². The molecule has 3 rings (SSSR count). The van der Waals surface area contributed by atoms with Crippen molar-refractivity contribution in [2.45, 2.75) is 70.9 Å². The number of hydrogen-bond donors (Lipinski definition) is 1. The fourth-order valence-corrected chi connectivity index (χ4v) is 6.49.